The lowest BCUT2D eigenvalue weighted by atomic mass is 9.89. The first-order valence-corrected chi connectivity index (χ1v) is 3.76. The summed E-state index contributed by atoms with van der Waals surface area (Å²) in [5, 5.41) is 9.82. The van der Waals surface area contributed by atoms with E-state index in [0.717, 1.165) is 0 Å². The third-order valence-corrected chi connectivity index (χ3v) is 1.84. The zero-order valence-electron chi connectivity index (χ0n) is 7.09. The van der Waals surface area contributed by atoms with Crippen LogP contribution in [0.3, 0.4) is 0 Å². The minimum Gasteiger partial charge on any atom is -0.388 e. The van der Waals surface area contributed by atoms with E-state index in [1.807, 2.05) is 0 Å². The van der Waals surface area contributed by atoms with Gasteiger partial charge < -0.3 is 10.8 Å². The molecular weight excluding hydrogens is 138 g/mol. The lowest BCUT2D eigenvalue weighted by molar-refractivity contribution is 0.0253. The molecule has 3 N–H and O–H groups in total. The first-order chi connectivity index (χ1) is 5.06. The van der Waals surface area contributed by atoms with Crippen LogP contribution in [-0.4, -0.2) is 16.7 Å². The highest BCUT2D eigenvalue weighted by atomic mass is 16.3. The summed E-state index contributed by atoms with van der Waals surface area (Å²) < 4.78 is 0. The Bertz CT molecular complexity index is 130. The molecule has 0 bridgehead atoms. The highest BCUT2D eigenvalue weighted by Gasteiger charge is 2.27. The van der Waals surface area contributed by atoms with Gasteiger partial charge in [-0.25, -0.2) is 0 Å². The summed E-state index contributed by atoms with van der Waals surface area (Å²) in [6.45, 7) is 8.91. The molecule has 0 aromatic heterocycles. The third-order valence-electron chi connectivity index (χ3n) is 1.84. The fourth-order valence-electron chi connectivity index (χ4n) is 0.955. The summed E-state index contributed by atoms with van der Waals surface area (Å²) in [6.07, 6.45) is 4.37. The van der Waals surface area contributed by atoms with E-state index in [1.165, 1.54) is 0 Å². The summed E-state index contributed by atoms with van der Waals surface area (Å²) in [6, 6.07) is -0.251. The van der Waals surface area contributed by atoms with E-state index in [1.54, 1.807) is 19.1 Å². The van der Waals surface area contributed by atoms with Crippen LogP contribution in [0.4, 0.5) is 0 Å². The van der Waals surface area contributed by atoms with Crippen molar-refractivity contribution in [3.63, 3.8) is 0 Å². The molecule has 11 heavy (non-hydrogen) atoms. The molecule has 0 aliphatic heterocycles. The molecule has 1 unspecified atom stereocenters. The van der Waals surface area contributed by atoms with E-state index in [4.69, 9.17) is 5.73 Å². The first kappa shape index (κ1) is 10.4. The Morgan fingerprint density at radius 2 is 1.82 bits per heavy atom. The van der Waals surface area contributed by atoms with E-state index in [9.17, 15) is 5.11 Å². The summed E-state index contributed by atoms with van der Waals surface area (Å²) in [4.78, 5) is 0. The number of rotatable bonds is 5. The summed E-state index contributed by atoms with van der Waals surface area (Å²) in [5.41, 5.74) is 4.74. The maximum atomic E-state index is 9.82. The van der Waals surface area contributed by atoms with Crippen LogP contribution in [0.5, 0.6) is 0 Å². The van der Waals surface area contributed by atoms with Crippen LogP contribution in [0.25, 0.3) is 0 Å². The highest BCUT2D eigenvalue weighted by Crippen LogP contribution is 2.19. The van der Waals surface area contributed by atoms with E-state index in [-0.39, 0.29) is 6.04 Å². The van der Waals surface area contributed by atoms with Crippen molar-refractivity contribution in [3.8, 4) is 0 Å². The second-order valence-corrected chi connectivity index (χ2v) is 2.88. The van der Waals surface area contributed by atoms with Crippen molar-refractivity contribution in [3.05, 3.63) is 25.3 Å². The van der Waals surface area contributed by atoms with Crippen LogP contribution < -0.4 is 5.73 Å². The van der Waals surface area contributed by atoms with E-state index in [2.05, 4.69) is 13.2 Å². The fourth-order valence-corrected chi connectivity index (χ4v) is 0.955. The molecule has 1 atom stereocenters. The van der Waals surface area contributed by atoms with Gasteiger partial charge in [0.05, 0.1) is 5.60 Å². The predicted octanol–water partition coefficient (Wildman–Crippen LogP) is 1.22. The number of hydrogen-bond donors (Lipinski definition) is 2. The molecule has 64 valence electrons. The van der Waals surface area contributed by atoms with Crippen LogP contribution in [0, 0.1) is 0 Å². The molecule has 0 aliphatic rings. The largest absolute Gasteiger partial charge is 0.388 e. The molecule has 0 amide bonds. The Morgan fingerprint density at radius 1 is 1.45 bits per heavy atom. The molecule has 2 nitrogen and oxygen atoms in total. The number of nitrogens with two attached hydrogens (primary N) is 1. The number of hydrogen-bond acceptors (Lipinski definition) is 2. The van der Waals surface area contributed by atoms with E-state index in [0.29, 0.717) is 12.8 Å². The minimum absolute atomic E-state index is 0.251. The van der Waals surface area contributed by atoms with Crippen LogP contribution >= 0.6 is 0 Å². The third kappa shape index (κ3) is 2.87. The van der Waals surface area contributed by atoms with Crippen LogP contribution in [0.1, 0.15) is 19.8 Å². The Hall–Kier alpha value is -0.600. The first-order valence-electron chi connectivity index (χ1n) is 3.76. The second kappa shape index (κ2) is 4.31. The van der Waals surface area contributed by atoms with Gasteiger partial charge in [0.2, 0.25) is 0 Å². The molecule has 0 saturated carbocycles. The zero-order valence-corrected chi connectivity index (χ0v) is 7.09. The minimum atomic E-state index is -0.858. The van der Waals surface area contributed by atoms with Crippen molar-refractivity contribution < 1.29 is 5.11 Å². The molecule has 0 saturated heterocycles. The van der Waals surface area contributed by atoms with Gasteiger partial charge in [0.15, 0.2) is 0 Å². The van der Waals surface area contributed by atoms with Crippen LogP contribution in [0.2, 0.25) is 0 Å². The fraction of sp³-hybridized carbons (Fsp3) is 0.556. The Balaban J connectivity index is 4.23. The van der Waals surface area contributed by atoms with Crippen molar-refractivity contribution >= 4 is 0 Å². The SMILES string of the molecule is C=CCC(O)(CC=C)C(C)N. The Morgan fingerprint density at radius 3 is 2.00 bits per heavy atom. The van der Waals surface area contributed by atoms with Gasteiger partial charge in [-0.3, -0.25) is 0 Å². The molecule has 0 rings (SSSR count). The summed E-state index contributed by atoms with van der Waals surface area (Å²) in [7, 11) is 0. The lowest BCUT2D eigenvalue weighted by Crippen LogP contribution is -2.45. The van der Waals surface area contributed by atoms with E-state index >= 15 is 0 Å². The smallest absolute Gasteiger partial charge is 0.0863 e. The van der Waals surface area contributed by atoms with Crippen LogP contribution in [0.15, 0.2) is 25.3 Å². The van der Waals surface area contributed by atoms with Crippen molar-refractivity contribution in [1.29, 1.82) is 0 Å². The molecule has 0 aliphatic carbocycles. The summed E-state index contributed by atoms with van der Waals surface area (Å²) in [5.74, 6) is 0. The van der Waals surface area contributed by atoms with Gasteiger partial charge >= 0.3 is 0 Å². The topological polar surface area (TPSA) is 46.2 Å². The normalized spacial score (nSPS) is 14.1. The van der Waals surface area contributed by atoms with Crippen molar-refractivity contribution in [2.45, 2.75) is 31.4 Å². The molecule has 0 spiro atoms. The quantitative estimate of drug-likeness (QED) is 0.586. The van der Waals surface area contributed by atoms with Gasteiger partial charge in [0, 0.05) is 6.04 Å². The van der Waals surface area contributed by atoms with Crippen molar-refractivity contribution in [2.75, 3.05) is 0 Å². The summed E-state index contributed by atoms with van der Waals surface area (Å²) >= 11 is 0. The zero-order chi connectivity index (χ0) is 8.91. The molecular formula is C9H17NO. The number of aliphatic hydroxyl groups is 1. The van der Waals surface area contributed by atoms with Crippen LogP contribution in [-0.2, 0) is 0 Å². The maximum Gasteiger partial charge on any atom is 0.0863 e. The predicted molar refractivity (Wildman–Crippen MR) is 48.2 cm³/mol. The molecule has 0 aromatic carbocycles. The Kier molecular flexibility index (Phi) is 4.08. The second-order valence-electron chi connectivity index (χ2n) is 2.88. The van der Waals surface area contributed by atoms with Gasteiger partial charge in [-0.05, 0) is 19.8 Å². The van der Waals surface area contributed by atoms with Crippen molar-refractivity contribution in [2.24, 2.45) is 5.73 Å². The van der Waals surface area contributed by atoms with Gasteiger partial charge in [0.25, 0.3) is 0 Å². The molecule has 0 aromatic rings. The molecule has 2 heteroatoms. The molecule has 0 heterocycles. The molecule has 0 radical (unpaired) electrons. The monoisotopic (exact) mass is 155 g/mol. The molecule has 0 fully saturated rings. The average Bonchev–Trinajstić information content (AvgIpc) is 1.88. The highest BCUT2D eigenvalue weighted by molar-refractivity contribution is 4.96. The lowest BCUT2D eigenvalue weighted by Gasteiger charge is -2.29. The van der Waals surface area contributed by atoms with Gasteiger partial charge in [-0.15, -0.1) is 13.2 Å². The maximum absolute atomic E-state index is 9.82. The van der Waals surface area contributed by atoms with E-state index < -0.39 is 5.60 Å². The standard InChI is InChI=1S/C9H17NO/c1-4-6-9(11,7-5-2)8(3)10/h4-5,8,11H,1-2,6-7,10H2,3H3. The van der Waals surface area contributed by atoms with Gasteiger partial charge in [-0.1, -0.05) is 12.2 Å². The van der Waals surface area contributed by atoms with Crippen molar-refractivity contribution in [1.82, 2.24) is 0 Å². The van der Waals surface area contributed by atoms with Gasteiger partial charge in [-0.2, -0.15) is 0 Å². The Labute approximate surface area is 68.4 Å². The average molecular weight is 155 g/mol. The van der Waals surface area contributed by atoms with Gasteiger partial charge in [0.1, 0.15) is 0 Å².